The predicted octanol–water partition coefficient (Wildman–Crippen LogP) is 4.91. The molecule has 1 N–H and O–H groups in total. The van der Waals surface area contributed by atoms with Gasteiger partial charge in [-0.05, 0) is 66.4 Å². The molecule has 0 spiro atoms. The first kappa shape index (κ1) is 20.0. The molecule has 0 unspecified atom stereocenters. The van der Waals surface area contributed by atoms with E-state index in [9.17, 15) is 0 Å². The number of benzene rings is 2. The lowest BCUT2D eigenvalue weighted by atomic mass is 10.1. The van der Waals surface area contributed by atoms with Crippen LogP contribution in [0.15, 0.2) is 42.7 Å². The summed E-state index contributed by atoms with van der Waals surface area (Å²) in [4.78, 5) is 13.3. The second-order valence-corrected chi connectivity index (χ2v) is 7.33. The topological polar surface area (TPSA) is 74.1 Å². The van der Waals surface area contributed by atoms with Gasteiger partial charge in [0.05, 0.1) is 27.1 Å². The van der Waals surface area contributed by atoms with E-state index in [-0.39, 0.29) is 5.28 Å². The maximum absolute atomic E-state index is 6.25. The number of rotatable bonds is 6. The Morgan fingerprint density at radius 1 is 0.967 bits per heavy atom. The van der Waals surface area contributed by atoms with Crippen molar-refractivity contribution in [1.29, 1.82) is 0 Å². The molecule has 0 radical (unpaired) electrons. The Morgan fingerprint density at radius 3 is 2.27 bits per heavy atom. The maximum atomic E-state index is 6.25. The van der Waals surface area contributed by atoms with Crippen LogP contribution in [0.2, 0.25) is 5.28 Å². The summed E-state index contributed by atoms with van der Waals surface area (Å²) in [5, 5.41) is 3.54. The number of fused-ring (bicyclic) bond motifs is 1. The van der Waals surface area contributed by atoms with Crippen molar-refractivity contribution >= 4 is 34.3 Å². The highest BCUT2D eigenvalue weighted by Gasteiger charge is 2.15. The summed E-state index contributed by atoms with van der Waals surface area (Å²) in [7, 11) is 3.31. The van der Waals surface area contributed by atoms with Gasteiger partial charge in [0.1, 0.15) is 11.5 Å². The average molecular weight is 424 g/mol. The van der Waals surface area contributed by atoms with Gasteiger partial charge in [0.25, 0.3) is 0 Å². The van der Waals surface area contributed by atoms with Crippen LogP contribution in [0.5, 0.6) is 11.5 Å². The zero-order valence-corrected chi connectivity index (χ0v) is 18.0. The van der Waals surface area contributed by atoms with Crippen molar-refractivity contribution in [2.24, 2.45) is 0 Å². The normalized spacial score (nSPS) is 11.0. The zero-order valence-electron chi connectivity index (χ0n) is 17.2. The van der Waals surface area contributed by atoms with E-state index in [4.69, 9.17) is 21.1 Å². The highest BCUT2D eigenvalue weighted by atomic mass is 35.5. The van der Waals surface area contributed by atoms with E-state index in [1.165, 1.54) is 0 Å². The number of aromatic nitrogens is 4. The Morgan fingerprint density at radius 2 is 1.63 bits per heavy atom. The highest BCUT2D eigenvalue weighted by Crippen LogP contribution is 2.31. The molecule has 0 saturated carbocycles. The van der Waals surface area contributed by atoms with Crippen LogP contribution in [0.1, 0.15) is 16.7 Å². The fourth-order valence-electron chi connectivity index (χ4n) is 3.41. The minimum Gasteiger partial charge on any atom is -0.497 e. The van der Waals surface area contributed by atoms with Gasteiger partial charge in [0, 0.05) is 5.69 Å². The average Bonchev–Trinajstić information content (AvgIpc) is 3.13. The first-order chi connectivity index (χ1) is 14.5. The molecule has 0 bridgehead atoms. The molecular weight excluding hydrogens is 402 g/mol. The second-order valence-electron chi connectivity index (χ2n) is 7.00. The molecule has 0 atom stereocenters. The molecule has 154 valence electrons. The molecule has 0 amide bonds. The molecule has 0 aliphatic heterocycles. The van der Waals surface area contributed by atoms with E-state index in [2.05, 4.69) is 20.3 Å². The Bertz CT molecular complexity index is 1180. The van der Waals surface area contributed by atoms with Crippen LogP contribution in [-0.2, 0) is 6.54 Å². The molecule has 0 aliphatic carbocycles. The first-order valence-corrected chi connectivity index (χ1v) is 9.80. The van der Waals surface area contributed by atoms with Crippen molar-refractivity contribution in [3.8, 4) is 11.5 Å². The lowest BCUT2D eigenvalue weighted by molar-refractivity contribution is 0.414. The van der Waals surface area contributed by atoms with Crippen LogP contribution < -0.4 is 14.8 Å². The monoisotopic (exact) mass is 423 g/mol. The summed E-state index contributed by atoms with van der Waals surface area (Å²) >= 11 is 6.25. The molecule has 4 rings (SSSR count). The number of halogens is 1. The Labute approximate surface area is 179 Å². The fourth-order valence-corrected chi connectivity index (χ4v) is 3.57. The van der Waals surface area contributed by atoms with Gasteiger partial charge in [0.15, 0.2) is 17.0 Å². The third-order valence-electron chi connectivity index (χ3n) is 4.93. The number of aryl methyl sites for hydroxylation is 2. The van der Waals surface area contributed by atoms with Crippen molar-refractivity contribution in [3.63, 3.8) is 0 Å². The van der Waals surface area contributed by atoms with Crippen molar-refractivity contribution in [2.45, 2.75) is 20.4 Å². The molecule has 0 fully saturated rings. The first-order valence-electron chi connectivity index (χ1n) is 9.42. The number of nitrogens with zero attached hydrogens (tertiary/aromatic N) is 4. The summed E-state index contributed by atoms with van der Waals surface area (Å²) in [6.45, 7) is 4.63. The SMILES string of the molecule is COc1ccc(Cn2cnc3c(Nc4c(C)cc(OC)cc4C)nc(Cl)nc32)cc1. The van der Waals surface area contributed by atoms with Crippen LogP contribution in [0, 0.1) is 13.8 Å². The van der Waals surface area contributed by atoms with Gasteiger partial charge in [-0.25, -0.2) is 4.98 Å². The minimum absolute atomic E-state index is 0.158. The van der Waals surface area contributed by atoms with Crippen LogP contribution in [-0.4, -0.2) is 33.7 Å². The number of anilines is 2. The quantitative estimate of drug-likeness (QED) is 0.444. The summed E-state index contributed by atoms with van der Waals surface area (Å²) in [5.74, 6) is 2.19. The van der Waals surface area contributed by atoms with E-state index in [0.717, 1.165) is 33.9 Å². The van der Waals surface area contributed by atoms with Gasteiger partial charge in [-0.2, -0.15) is 9.97 Å². The van der Waals surface area contributed by atoms with E-state index >= 15 is 0 Å². The van der Waals surface area contributed by atoms with E-state index in [1.807, 2.05) is 54.8 Å². The largest absolute Gasteiger partial charge is 0.497 e. The lowest BCUT2D eigenvalue weighted by Crippen LogP contribution is -2.03. The summed E-state index contributed by atoms with van der Waals surface area (Å²) < 4.78 is 12.5. The molecule has 8 heteroatoms. The number of imidazole rings is 1. The Hall–Kier alpha value is -3.32. The van der Waals surface area contributed by atoms with Gasteiger partial charge in [-0.1, -0.05) is 12.1 Å². The van der Waals surface area contributed by atoms with Crippen LogP contribution in [0.3, 0.4) is 0 Å². The molecule has 7 nitrogen and oxygen atoms in total. The summed E-state index contributed by atoms with van der Waals surface area (Å²) in [5.41, 5.74) is 5.43. The molecule has 0 aliphatic rings. The molecule has 0 saturated heterocycles. The van der Waals surface area contributed by atoms with E-state index in [0.29, 0.717) is 23.5 Å². The number of methoxy groups -OCH3 is 2. The van der Waals surface area contributed by atoms with Crippen LogP contribution >= 0.6 is 11.6 Å². The Balaban J connectivity index is 1.70. The van der Waals surface area contributed by atoms with Gasteiger partial charge >= 0.3 is 0 Å². The smallest absolute Gasteiger partial charge is 0.226 e. The number of nitrogens with one attached hydrogen (secondary N) is 1. The van der Waals surface area contributed by atoms with E-state index < -0.39 is 0 Å². The van der Waals surface area contributed by atoms with Crippen molar-refractivity contribution in [3.05, 3.63) is 64.7 Å². The van der Waals surface area contributed by atoms with Gasteiger partial charge < -0.3 is 19.4 Å². The fraction of sp³-hybridized carbons (Fsp3) is 0.227. The van der Waals surface area contributed by atoms with Crippen LogP contribution in [0.25, 0.3) is 11.2 Å². The predicted molar refractivity (Wildman–Crippen MR) is 118 cm³/mol. The molecule has 4 aromatic rings. The molecule has 2 aromatic heterocycles. The number of hydrogen-bond acceptors (Lipinski definition) is 6. The van der Waals surface area contributed by atoms with E-state index in [1.54, 1.807) is 20.5 Å². The lowest BCUT2D eigenvalue weighted by Gasteiger charge is -2.14. The number of ether oxygens (including phenoxy) is 2. The highest BCUT2D eigenvalue weighted by molar-refractivity contribution is 6.28. The molecule has 2 heterocycles. The summed E-state index contributed by atoms with van der Waals surface area (Å²) in [6.07, 6.45) is 1.75. The third kappa shape index (κ3) is 3.89. The minimum atomic E-state index is 0.158. The summed E-state index contributed by atoms with van der Waals surface area (Å²) in [6, 6.07) is 11.8. The molecule has 30 heavy (non-hydrogen) atoms. The third-order valence-corrected chi connectivity index (χ3v) is 5.10. The zero-order chi connectivity index (χ0) is 21.3. The van der Waals surface area contributed by atoms with Gasteiger partial charge in [-0.3, -0.25) is 0 Å². The second kappa shape index (κ2) is 8.20. The molecule has 2 aromatic carbocycles. The van der Waals surface area contributed by atoms with Gasteiger partial charge in [-0.15, -0.1) is 0 Å². The van der Waals surface area contributed by atoms with Crippen molar-refractivity contribution in [1.82, 2.24) is 19.5 Å². The standard InChI is InChI=1S/C22H22ClN5O2/c1-13-9-17(30-4)10-14(2)18(13)25-20-19-21(27-22(23)26-20)28(12-24-19)11-15-5-7-16(29-3)8-6-15/h5-10,12H,11H2,1-4H3,(H,25,26,27). The van der Waals surface area contributed by atoms with Crippen molar-refractivity contribution in [2.75, 3.05) is 19.5 Å². The van der Waals surface area contributed by atoms with Crippen LogP contribution in [0.4, 0.5) is 11.5 Å². The maximum Gasteiger partial charge on any atom is 0.226 e. The number of hydrogen-bond donors (Lipinski definition) is 1. The van der Waals surface area contributed by atoms with Gasteiger partial charge in [0.2, 0.25) is 5.28 Å². The van der Waals surface area contributed by atoms with Crippen molar-refractivity contribution < 1.29 is 9.47 Å². The molecular formula is C22H22ClN5O2. The Kier molecular flexibility index (Phi) is 5.46.